The zero-order valence-electron chi connectivity index (χ0n) is 3.86. The van der Waals surface area contributed by atoms with E-state index in [4.69, 9.17) is 5.73 Å². The Morgan fingerprint density at radius 3 is 2.20 bits per heavy atom. The highest BCUT2D eigenvalue weighted by Crippen LogP contribution is 1.84. The van der Waals surface area contributed by atoms with E-state index in [1.807, 2.05) is 0 Å². The molecule has 1 nitrogen and oxygen atoms in total. The third-order valence-electron chi connectivity index (χ3n) is 0.471. The van der Waals surface area contributed by atoms with Gasteiger partial charge in [0.2, 0.25) is 0 Å². The van der Waals surface area contributed by atoms with E-state index in [0.717, 1.165) is 6.54 Å². The highest BCUT2D eigenvalue weighted by atomic mass is 14.5. The molecule has 0 aromatic heterocycles. The maximum atomic E-state index is 5.17. The summed E-state index contributed by atoms with van der Waals surface area (Å²) in [5.41, 5.74) is 5.17. The maximum Gasteiger partial charge on any atom is 0.106 e. The average molecular weight is 70.9 g/mol. The van der Waals surface area contributed by atoms with Crippen LogP contribution in [0.4, 0.5) is 0 Å². The molecule has 1 unspecified atom stereocenters. The lowest BCUT2D eigenvalue weighted by atomic mass is 9.90. The Balaban J connectivity index is 2.54. The molecule has 0 saturated heterocycles. The van der Waals surface area contributed by atoms with Crippen molar-refractivity contribution >= 4 is 7.85 Å². The van der Waals surface area contributed by atoms with Crippen molar-refractivity contribution in [2.75, 3.05) is 6.54 Å². The molecule has 0 aliphatic carbocycles. The van der Waals surface area contributed by atoms with Crippen LogP contribution in [0, 0.1) is 0 Å². The zero-order chi connectivity index (χ0) is 4.28. The monoisotopic (exact) mass is 71.1 g/mol. The highest BCUT2D eigenvalue weighted by Gasteiger charge is 1.81. The van der Waals surface area contributed by atoms with Gasteiger partial charge in [0.1, 0.15) is 7.85 Å². The minimum absolute atomic E-state index is 0.662. The molecular weight excluding hydrogens is 60.9 g/mol. The first-order chi connectivity index (χ1) is 2.27. The summed E-state index contributed by atoms with van der Waals surface area (Å²) in [6.45, 7) is 2.90. The smallest absolute Gasteiger partial charge is 0.106 e. The fraction of sp³-hybridized carbons (Fsp3) is 1.00. The van der Waals surface area contributed by atoms with Gasteiger partial charge >= 0.3 is 0 Å². The fourth-order valence-corrected chi connectivity index (χ4v) is 0. The van der Waals surface area contributed by atoms with E-state index >= 15 is 0 Å². The van der Waals surface area contributed by atoms with E-state index in [0.29, 0.717) is 5.82 Å². The van der Waals surface area contributed by atoms with Gasteiger partial charge in [-0.1, -0.05) is 12.7 Å². The number of nitrogens with two attached hydrogens (primary N) is 1. The second kappa shape index (κ2) is 2.27. The molecule has 0 bridgehead atoms. The van der Waals surface area contributed by atoms with Gasteiger partial charge in [0.15, 0.2) is 0 Å². The molecule has 30 valence electrons. The SMILES string of the molecule is BC(C)CN. The van der Waals surface area contributed by atoms with Crippen molar-refractivity contribution in [1.82, 2.24) is 0 Å². The molecule has 2 heteroatoms. The molecule has 2 N–H and O–H groups in total. The predicted octanol–water partition coefficient (Wildman–Crippen LogP) is -0.613. The van der Waals surface area contributed by atoms with Gasteiger partial charge in [-0.05, 0) is 6.54 Å². The molecule has 0 aromatic rings. The van der Waals surface area contributed by atoms with Gasteiger partial charge in [-0.2, -0.15) is 0 Å². The summed E-state index contributed by atoms with van der Waals surface area (Å²) in [5.74, 6) is 0.662. The molecule has 0 aliphatic rings. The molecule has 0 saturated carbocycles. The molecule has 5 heavy (non-hydrogen) atoms. The first kappa shape index (κ1) is 5.02. The van der Waals surface area contributed by atoms with Gasteiger partial charge < -0.3 is 5.73 Å². The van der Waals surface area contributed by atoms with E-state index in [1.54, 1.807) is 0 Å². The lowest BCUT2D eigenvalue weighted by Gasteiger charge is -1.90. The van der Waals surface area contributed by atoms with Crippen LogP contribution in [0.2, 0.25) is 5.82 Å². The predicted molar refractivity (Wildman–Crippen MR) is 27.0 cm³/mol. The Bertz CT molecular complexity index is 20.9. The first-order valence-electron chi connectivity index (χ1n) is 1.97. The van der Waals surface area contributed by atoms with Crippen LogP contribution in [-0.2, 0) is 0 Å². The van der Waals surface area contributed by atoms with Gasteiger partial charge in [0.25, 0.3) is 0 Å². The molecule has 0 aromatic carbocycles. The van der Waals surface area contributed by atoms with E-state index in [9.17, 15) is 0 Å². The Labute approximate surface area is 34.0 Å². The summed E-state index contributed by atoms with van der Waals surface area (Å²) in [5, 5.41) is 0. The Morgan fingerprint density at radius 2 is 2.20 bits per heavy atom. The van der Waals surface area contributed by atoms with Crippen LogP contribution in [0.3, 0.4) is 0 Å². The summed E-state index contributed by atoms with van der Waals surface area (Å²) in [7, 11) is 2.10. The maximum absolute atomic E-state index is 5.17. The first-order valence-corrected chi connectivity index (χ1v) is 1.97. The van der Waals surface area contributed by atoms with Crippen LogP contribution in [-0.4, -0.2) is 14.4 Å². The molecule has 0 aliphatic heterocycles. The van der Waals surface area contributed by atoms with E-state index in [-0.39, 0.29) is 0 Å². The van der Waals surface area contributed by atoms with Gasteiger partial charge in [-0.25, -0.2) is 0 Å². The van der Waals surface area contributed by atoms with Gasteiger partial charge in [0.05, 0.1) is 0 Å². The summed E-state index contributed by atoms with van der Waals surface area (Å²) < 4.78 is 0. The average Bonchev–Trinajstić information content (AvgIpc) is 1.38. The largest absolute Gasteiger partial charge is 0.331 e. The summed E-state index contributed by atoms with van der Waals surface area (Å²) >= 11 is 0. The molecule has 0 heterocycles. The van der Waals surface area contributed by atoms with Crippen LogP contribution in [0.1, 0.15) is 6.92 Å². The zero-order valence-corrected chi connectivity index (χ0v) is 3.86. The lowest BCUT2D eigenvalue weighted by molar-refractivity contribution is 0.926. The Hall–Kier alpha value is 0.0249. The van der Waals surface area contributed by atoms with Crippen molar-refractivity contribution in [3.63, 3.8) is 0 Å². The molecule has 0 rings (SSSR count). The third-order valence-corrected chi connectivity index (χ3v) is 0.471. The fourth-order valence-electron chi connectivity index (χ4n) is 0. The number of hydrogen-bond acceptors (Lipinski definition) is 1. The van der Waals surface area contributed by atoms with Gasteiger partial charge in [-0.3, -0.25) is 0 Å². The van der Waals surface area contributed by atoms with E-state index in [2.05, 4.69) is 14.8 Å². The van der Waals surface area contributed by atoms with Crippen molar-refractivity contribution in [1.29, 1.82) is 0 Å². The van der Waals surface area contributed by atoms with Gasteiger partial charge in [-0.15, -0.1) is 0 Å². The Kier molecular flexibility index (Phi) is 2.28. The molecule has 1 atom stereocenters. The summed E-state index contributed by atoms with van der Waals surface area (Å²) in [6, 6.07) is 0. The molecule has 0 spiro atoms. The van der Waals surface area contributed by atoms with Crippen molar-refractivity contribution in [2.24, 2.45) is 5.73 Å². The minimum atomic E-state index is 0.662. The van der Waals surface area contributed by atoms with Crippen LogP contribution in [0.5, 0.6) is 0 Å². The highest BCUT2D eigenvalue weighted by molar-refractivity contribution is 6.11. The van der Waals surface area contributed by atoms with Crippen molar-refractivity contribution in [3.05, 3.63) is 0 Å². The number of rotatable bonds is 1. The summed E-state index contributed by atoms with van der Waals surface area (Å²) in [6.07, 6.45) is 0. The second-order valence-corrected chi connectivity index (χ2v) is 1.63. The third kappa shape index (κ3) is 4.02. The quantitative estimate of drug-likeness (QED) is 0.410. The standard InChI is InChI=1S/C3H10BN/c1-3(4)2-5/h3H,2,4-5H2,1H3. The van der Waals surface area contributed by atoms with Crippen LogP contribution >= 0.6 is 0 Å². The minimum Gasteiger partial charge on any atom is -0.331 e. The van der Waals surface area contributed by atoms with Crippen LogP contribution < -0.4 is 5.73 Å². The summed E-state index contributed by atoms with van der Waals surface area (Å²) in [4.78, 5) is 0. The van der Waals surface area contributed by atoms with Crippen molar-refractivity contribution in [2.45, 2.75) is 12.7 Å². The molecule has 0 fully saturated rings. The van der Waals surface area contributed by atoms with Crippen LogP contribution in [0.15, 0.2) is 0 Å². The van der Waals surface area contributed by atoms with Gasteiger partial charge in [0, 0.05) is 0 Å². The Morgan fingerprint density at radius 1 is 2.00 bits per heavy atom. The van der Waals surface area contributed by atoms with E-state index in [1.165, 1.54) is 0 Å². The van der Waals surface area contributed by atoms with Crippen molar-refractivity contribution in [3.8, 4) is 0 Å². The molecule has 0 radical (unpaired) electrons. The molecular formula is C3H10BN. The van der Waals surface area contributed by atoms with Crippen molar-refractivity contribution < 1.29 is 0 Å². The number of hydrogen-bond donors (Lipinski definition) is 1. The second-order valence-electron chi connectivity index (χ2n) is 1.63. The topological polar surface area (TPSA) is 26.0 Å². The van der Waals surface area contributed by atoms with E-state index < -0.39 is 0 Å². The lowest BCUT2D eigenvalue weighted by Crippen LogP contribution is -2.03. The normalized spacial score (nSPS) is 14.8. The van der Waals surface area contributed by atoms with Crippen LogP contribution in [0.25, 0.3) is 0 Å². The molecule has 0 amide bonds.